The minimum Gasteiger partial charge on any atom is -0.383 e. The van der Waals surface area contributed by atoms with Crippen LogP contribution in [0.25, 0.3) is 0 Å². The summed E-state index contributed by atoms with van der Waals surface area (Å²) in [6.45, 7) is 0.471. The van der Waals surface area contributed by atoms with Crippen LogP contribution in [0.2, 0.25) is 0 Å². The van der Waals surface area contributed by atoms with E-state index in [0.29, 0.717) is 29.2 Å². The summed E-state index contributed by atoms with van der Waals surface area (Å²) < 4.78 is 15.4. The Morgan fingerprint density at radius 3 is 2.48 bits per heavy atom. The fourth-order valence-corrected chi connectivity index (χ4v) is 2.47. The Labute approximate surface area is 133 Å². The minimum atomic E-state index is -0.312. The Balaban J connectivity index is 1.94. The van der Waals surface area contributed by atoms with Crippen molar-refractivity contribution in [2.75, 3.05) is 5.73 Å². The minimum absolute atomic E-state index is 0.238. The van der Waals surface area contributed by atoms with Crippen molar-refractivity contribution in [3.05, 3.63) is 82.8 Å². The number of nitriles is 1. The maximum Gasteiger partial charge on any atom is 0.140 e. The lowest BCUT2D eigenvalue weighted by Crippen LogP contribution is -2.06. The van der Waals surface area contributed by atoms with Crippen molar-refractivity contribution in [2.24, 2.45) is 0 Å². The molecule has 0 fully saturated rings. The molecule has 0 saturated heterocycles. The van der Waals surface area contributed by atoms with E-state index in [1.807, 2.05) is 30.3 Å². The molecule has 0 radical (unpaired) electrons. The molecule has 0 unspecified atom stereocenters. The Morgan fingerprint density at radius 2 is 1.78 bits per heavy atom. The van der Waals surface area contributed by atoms with Crippen molar-refractivity contribution >= 4 is 5.82 Å². The number of anilines is 1. The van der Waals surface area contributed by atoms with Gasteiger partial charge in [-0.3, -0.25) is 0 Å². The van der Waals surface area contributed by atoms with Crippen molar-refractivity contribution in [3.63, 3.8) is 0 Å². The molecule has 0 atom stereocenters. The van der Waals surface area contributed by atoms with Crippen LogP contribution < -0.4 is 5.73 Å². The monoisotopic (exact) mass is 306 g/mol. The van der Waals surface area contributed by atoms with Gasteiger partial charge in [0.25, 0.3) is 0 Å². The molecular weight excluding hydrogens is 291 g/mol. The van der Waals surface area contributed by atoms with E-state index >= 15 is 0 Å². The molecular formula is C18H15FN4. The van der Waals surface area contributed by atoms with Gasteiger partial charge in [0.05, 0.1) is 12.2 Å². The lowest BCUT2D eigenvalue weighted by Gasteiger charge is -2.03. The Hall–Kier alpha value is -3.13. The molecule has 23 heavy (non-hydrogen) atoms. The maximum absolute atomic E-state index is 13.8. The van der Waals surface area contributed by atoms with Crippen molar-refractivity contribution < 1.29 is 4.39 Å². The molecule has 4 nitrogen and oxygen atoms in total. The molecule has 0 spiro atoms. The lowest BCUT2D eigenvalue weighted by atomic mass is 10.1. The van der Waals surface area contributed by atoms with Gasteiger partial charge in [-0.15, -0.1) is 0 Å². The van der Waals surface area contributed by atoms with Crippen LogP contribution in [-0.2, 0) is 13.0 Å². The topological polar surface area (TPSA) is 67.6 Å². The van der Waals surface area contributed by atoms with E-state index in [-0.39, 0.29) is 12.2 Å². The molecule has 0 saturated carbocycles. The number of nitrogen functional groups attached to an aromatic ring is 1. The number of hydrogen-bond acceptors (Lipinski definition) is 3. The van der Waals surface area contributed by atoms with Gasteiger partial charge in [-0.1, -0.05) is 48.5 Å². The van der Waals surface area contributed by atoms with Crippen LogP contribution in [-0.4, -0.2) is 9.78 Å². The van der Waals surface area contributed by atoms with E-state index in [1.165, 1.54) is 6.07 Å². The third kappa shape index (κ3) is 3.06. The second-order valence-corrected chi connectivity index (χ2v) is 5.23. The van der Waals surface area contributed by atoms with Crippen LogP contribution in [0.15, 0.2) is 54.6 Å². The van der Waals surface area contributed by atoms with Crippen molar-refractivity contribution in [3.8, 4) is 6.07 Å². The van der Waals surface area contributed by atoms with Crippen molar-refractivity contribution in [1.82, 2.24) is 9.78 Å². The molecule has 1 aromatic heterocycles. The van der Waals surface area contributed by atoms with Gasteiger partial charge >= 0.3 is 0 Å². The van der Waals surface area contributed by atoms with E-state index in [0.717, 1.165) is 5.56 Å². The first-order valence-corrected chi connectivity index (χ1v) is 7.21. The van der Waals surface area contributed by atoms with E-state index in [2.05, 4.69) is 11.2 Å². The van der Waals surface area contributed by atoms with Gasteiger partial charge in [-0.05, 0) is 17.2 Å². The maximum atomic E-state index is 13.8. The van der Waals surface area contributed by atoms with Gasteiger partial charge < -0.3 is 5.73 Å². The molecule has 3 aromatic rings. The standard InChI is InChI=1S/C18H15FN4/c19-16-9-5-4-8-14(16)10-17-15(11-20)18(21)23(22-17)12-13-6-2-1-3-7-13/h1-9H,10,12,21H2. The van der Waals surface area contributed by atoms with Crippen molar-refractivity contribution in [1.29, 1.82) is 5.26 Å². The molecule has 5 heteroatoms. The predicted molar refractivity (Wildman–Crippen MR) is 86.1 cm³/mol. The molecule has 3 rings (SSSR count). The number of rotatable bonds is 4. The Kier molecular flexibility index (Phi) is 4.07. The normalized spacial score (nSPS) is 10.4. The van der Waals surface area contributed by atoms with Gasteiger partial charge in [0.2, 0.25) is 0 Å². The highest BCUT2D eigenvalue weighted by Gasteiger charge is 2.17. The van der Waals surface area contributed by atoms with E-state index < -0.39 is 0 Å². The van der Waals surface area contributed by atoms with Crippen LogP contribution in [0.5, 0.6) is 0 Å². The molecule has 0 aliphatic heterocycles. The fraction of sp³-hybridized carbons (Fsp3) is 0.111. The first-order chi connectivity index (χ1) is 11.2. The molecule has 0 amide bonds. The van der Waals surface area contributed by atoms with Crippen LogP contribution in [0.4, 0.5) is 10.2 Å². The number of hydrogen-bond donors (Lipinski definition) is 1. The zero-order chi connectivity index (χ0) is 16.2. The molecule has 0 aliphatic rings. The number of nitrogens with two attached hydrogens (primary N) is 1. The summed E-state index contributed by atoms with van der Waals surface area (Å²) in [6, 6.07) is 18.3. The zero-order valence-corrected chi connectivity index (χ0v) is 12.4. The summed E-state index contributed by atoms with van der Waals surface area (Å²) in [5, 5.41) is 13.8. The van der Waals surface area contributed by atoms with Crippen LogP contribution >= 0.6 is 0 Å². The first-order valence-electron chi connectivity index (χ1n) is 7.21. The highest BCUT2D eigenvalue weighted by Crippen LogP contribution is 2.21. The molecule has 0 bridgehead atoms. The second kappa shape index (κ2) is 6.32. The smallest absolute Gasteiger partial charge is 0.140 e. The highest BCUT2D eigenvalue weighted by molar-refractivity contribution is 5.53. The van der Waals surface area contributed by atoms with Crippen LogP contribution in [0.3, 0.4) is 0 Å². The van der Waals surface area contributed by atoms with Gasteiger partial charge in [-0.2, -0.15) is 10.4 Å². The summed E-state index contributed by atoms with van der Waals surface area (Å²) in [4.78, 5) is 0. The number of nitrogens with zero attached hydrogens (tertiary/aromatic N) is 3. The molecule has 1 heterocycles. The predicted octanol–water partition coefficient (Wildman–Crippen LogP) is 3.12. The van der Waals surface area contributed by atoms with E-state index in [9.17, 15) is 9.65 Å². The fourth-order valence-electron chi connectivity index (χ4n) is 2.47. The van der Waals surface area contributed by atoms with Crippen LogP contribution in [0, 0.1) is 17.1 Å². The molecule has 114 valence electrons. The Bertz CT molecular complexity index is 862. The summed E-state index contributed by atoms with van der Waals surface area (Å²) in [5.74, 6) is -0.00439. The van der Waals surface area contributed by atoms with Crippen LogP contribution in [0.1, 0.15) is 22.4 Å². The van der Waals surface area contributed by atoms with E-state index in [1.54, 1.807) is 22.9 Å². The van der Waals surface area contributed by atoms with Gasteiger partial charge in [-0.25, -0.2) is 9.07 Å². The Morgan fingerprint density at radius 1 is 1.09 bits per heavy atom. The third-order valence-electron chi connectivity index (χ3n) is 3.67. The molecule has 2 N–H and O–H groups in total. The first kappa shape index (κ1) is 14.8. The number of halogens is 1. The average molecular weight is 306 g/mol. The molecule has 0 aliphatic carbocycles. The van der Waals surface area contributed by atoms with E-state index in [4.69, 9.17) is 5.73 Å². The summed E-state index contributed by atoms with van der Waals surface area (Å²) in [7, 11) is 0. The third-order valence-corrected chi connectivity index (χ3v) is 3.67. The highest BCUT2D eigenvalue weighted by atomic mass is 19.1. The summed E-state index contributed by atoms with van der Waals surface area (Å²) in [5.41, 5.74) is 8.36. The van der Waals surface area contributed by atoms with Gasteiger partial charge in [0.15, 0.2) is 0 Å². The number of aromatic nitrogens is 2. The number of benzene rings is 2. The lowest BCUT2D eigenvalue weighted by molar-refractivity contribution is 0.611. The second-order valence-electron chi connectivity index (χ2n) is 5.23. The van der Waals surface area contributed by atoms with Gasteiger partial charge in [0.1, 0.15) is 23.3 Å². The largest absolute Gasteiger partial charge is 0.383 e. The SMILES string of the molecule is N#Cc1c(Cc2ccccc2F)nn(Cc2ccccc2)c1N. The summed E-state index contributed by atoms with van der Waals surface area (Å²) in [6.07, 6.45) is 0.238. The summed E-state index contributed by atoms with van der Waals surface area (Å²) >= 11 is 0. The van der Waals surface area contributed by atoms with Gasteiger partial charge in [0, 0.05) is 6.42 Å². The quantitative estimate of drug-likeness (QED) is 0.805. The van der Waals surface area contributed by atoms with Crippen molar-refractivity contribution in [2.45, 2.75) is 13.0 Å². The average Bonchev–Trinajstić information content (AvgIpc) is 2.85. The molecule has 2 aromatic carbocycles. The zero-order valence-electron chi connectivity index (χ0n) is 12.4.